The Hall–Kier alpha value is -1.37. The summed E-state index contributed by atoms with van der Waals surface area (Å²) < 4.78 is 0. The van der Waals surface area contributed by atoms with Gasteiger partial charge in [0.2, 0.25) is 5.91 Å². The highest BCUT2D eigenvalue weighted by atomic mass is 16.1. The number of hydrogen-bond donors (Lipinski definition) is 1. The lowest BCUT2D eigenvalue weighted by molar-refractivity contribution is -0.126. The number of carbonyl (C=O) groups excluding carboxylic acids is 2. The molecule has 0 aromatic rings. The zero-order valence-electron chi connectivity index (χ0n) is 8.45. The molecule has 1 heterocycles. The number of rotatable bonds is 2. The molecule has 0 spiro atoms. The van der Waals surface area contributed by atoms with Crippen molar-refractivity contribution in [3.05, 3.63) is 0 Å². The molecule has 0 aliphatic carbocycles. The molecule has 1 atom stereocenters. The SMILES string of the molecule is CC=O.N#CCCC1CCCNC1=O. The van der Waals surface area contributed by atoms with Gasteiger partial charge in [0.05, 0.1) is 6.07 Å². The van der Waals surface area contributed by atoms with Crippen LogP contribution in [0.2, 0.25) is 0 Å². The van der Waals surface area contributed by atoms with Gasteiger partial charge in [-0.15, -0.1) is 0 Å². The van der Waals surface area contributed by atoms with E-state index < -0.39 is 0 Å². The van der Waals surface area contributed by atoms with Crippen LogP contribution in [-0.2, 0) is 9.59 Å². The van der Waals surface area contributed by atoms with Crippen LogP contribution in [0.15, 0.2) is 0 Å². The van der Waals surface area contributed by atoms with E-state index in [9.17, 15) is 4.79 Å². The fraction of sp³-hybridized carbons (Fsp3) is 0.700. The zero-order chi connectivity index (χ0) is 10.8. The highest BCUT2D eigenvalue weighted by Gasteiger charge is 2.20. The van der Waals surface area contributed by atoms with Crippen LogP contribution in [0.4, 0.5) is 0 Å². The lowest BCUT2D eigenvalue weighted by Gasteiger charge is -2.20. The van der Waals surface area contributed by atoms with Gasteiger partial charge in [-0.2, -0.15) is 5.26 Å². The Morgan fingerprint density at radius 3 is 2.86 bits per heavy atom. The third kappa shape index (κ3) is 5.31. The lowest BCUT2D eigenvalue weighted by atomic mass is 9.94. The van der Waals surface area contributed by atoms with E-state index in [1.807, 2.05) is 0 Å². The van der Waals surface area contributed by atoms with Crippen LogP contribution in [0.3, 0.4) is 0 Å². The monoisotopic (exact) mass is 196 g/mol. The van der Waals surface area contributed by atoms with Crippen LogP contribution in [0.1, 0.15) is 32.6 Å². The van der Waals surface area contributed by atoms with Gasteiger partial charge in [-0.05, 0) is 26.2 Å². The maximum atomic E-state index is 11.1. The van der Waals surface area contributed by atoms with Gasteiger partial charge in [0.1, 0.15) is 6.29 Å². The van der Waals surface area contributed by atoms with E-state index in [2.05, 4.69) is 11.4 Å². The summed E-state index contributed by atoms with van der Waals surface area (Å²) in [6.45, 7) is 2.25. The van der Waals surface area contributed by atoms with Gasteiger partial charge in [0.25, 0.3) is 0 Å². The maximum Gasteiger partial charge on any atom is 0.223 e. The van der Waals surface area contributed by atoms with Crippen molar-refractivity contribution < 1.29 is 9.59 Å². The minimum atomic E-state index is 0.100. The van der Waals surface area contributed by atoms with Crippen molar-refractivity contribution >= 4 is 12.2 Å². The van der Waals surface area contributed by atoms with Gasteiger partial charge in [-0.1, -0.05) is 0 Å². The van der Waals surface area contributed by atoms with Gasteiger partial charge in [-0.3, -0.25) is 4.79 Å². The second kappa shape index (κ2) is 8.24. The second-order valence-electron chi connectivity index (χ2n) is 3.06. The topological polar surface area (TPSA) is 70.0 Å². The standard InChI is InChI=1S/C8H12N2O.C2H4O/c9-5-1-3-7-4-2-6-10-8(7)11;1-2-3/h7H,1-4,6H2,(H,10,11);2H,1H3. The first-order valence-electron chi connectivity index (χ1n) is 4.80. The van der Waals surface area contributed by atoms with Gasteiger partial charge in [0, 0.05) is 18.9 Å². The van der Waals surface area contributed by atoms with Crippen molar-refractivity contribution in [2.45, 2.75) is 32.6 Å². The average Bonchev–Trinajstić information content (AvgIpc) is 2.18. The summed E-state index contributed by atoms with van der Waals surface area (Å²) in [5.41, 5.74) is 0. The predicted molar refractivity (Wildman–Crippen MR) is 52.3 cm³/mol. The minimum Gasteiger partial charge on any atom is -0.356 e. The van der Waals surface area contributed by atoms with Crippen LogP contribution in [-0.4, -0.2) is 18.7 Å². The molecule has 1 N–H and O–H groups in total. The molecule has 1 saturated heterocycles. The Morgan fingerprint density at radius 1 is 1.71 bits per heavy atom. The third-order valence-corrected chi connectivity index (χ3v) is 2.00. The molecule has 1 unspecified atom stereocenters. The van der Waals surface area contributed by atoms with Crippen LogP contribution < -0.4 is 5.32 Å². The van der Waals surface area contributed by atoms with Crippen molar-refractivity contribution in [1.29, 1.82) is 5.26 Å². The number of aldehydes is 1. The highest BCUT2D eigenvalue weighted by molar-refractivity contribution is 5.79. The van der Waals surface area contributed by atoms with E-state index in [0.29, 0.717) is 6.42 Å². The molecule has 0 saturated carbocycles. The average molecular weight is 196 g/mol. The fourth-order valence-corrected chi connectivity index (χ4v) is 1.35. The van der Waals surface area contributed by atoms with Gasteiger partial charge < -0.3 is 10.1 Å². The number of nitrogens with one attached hydrogen (secondary N) is 1. The molecule has 1 aliphatic heterocycles. The van der Waals surface area contributed by atoms with E-state index >= 15 is 0 Å². The number of piperidine rings is 1. The van der Waals surface area contributed by atoms with E-state index in [-0.39, 0.29) is 11.8 Å². The molecule has 1 rings (SSSR count). The molecule has 1 aliphatic rings. The molecule has 1 amide bonds. The van der Waals surface area contributed by atoms with Crippen molar-refractivity contribution in [3.63, 3.8) is 0 Å². The maximum absolute atomic E-state index is 11.1. The first-order valence-corrected chi connectivity index (χ1v) is 4.80. The number of amides is 1. The van der Waals surface area contributed by atoms with Crippen molar-refractivity contribution in [1.82, 2.24) is 5.32 Å². The Balaban J connectivity index is 0.000000500. The van der Waals surface area contributed by atoms with Gasteiger partial charge in [-0.25, -0.2) is 0 Å². The van der Waals surface area contributed by atoms with Gasteiger partial charge in [0.15, 0.2) is 0 Å². The summed E-state index contributed by atoms with van der Waals surface area (Å²) in [6, 6.07) is 2.06. The number of nitrogens with zero attached hydrogens (tertiary/aromatic N) is 1. The fourth-order valence-electron chi connectivity index (χ4n) is 1.35. The smallest absolute Gasteiger partial charge is 0.223 e. The number of carbonyl (C=O) groups is 2. The normalized spacial score (nSPS) is 19.7. The van der Waals surface area contributed by atoms with Crippen LogP contribution >= 0.6 is 0 Å². The van der Waals surface area contributed by atoms with Crippen LogP contribution in [0, 0.1) is 17.2 Å². The molecular weight excluding hydrogens is 180 g/mol. The summed E-state index contributed by atoms with van der Waals surface area (Å²) in [7, 11) is 0. The molecule has 0 aromatic carbocycles. The molecule has 0 radical (unpaired) electrons. The summed E-state index contributed by atoms with van der Waals surface area (Å²) in [5.74, 6) is 0.231. The third-order valence-electron chi connectivity index (χ3n) is 2.00. The van der Waals surface area contributed by atoms with E-state index in [0.717, 1.165) is 32.1 Å². The van der Waals surface area contributed by atoms with Crippen molar-refractivity contribution in [2.75, 3.05) is 6.54 Å². The summed E-state index contributed by atoms with van der Waals surface area (Å²) in [5, 5.41) is 11.1. The van der Waals surface area contributed by atoms with E-state index in [1.54, 1.807) is 0 Å². The zero-order valence-corrected chi connectivity index (χ0v) is 8.45. The highest BCUT2D eigenvalue weighted by Crippen LogP contribution is 2.16. The Bertz CT molecular complexity index is 221. The number of nitriles is 1. The Kier molecular flexibility index (Phi) is 7.43. The number of hydrogen-bond acceptors (Lipinski definition) is 3. The summed E-state index contributed by atoms with van der Waals surface area (Å²) in [4.78, 5) is 19.9. The quantitative estimate of drug-likeness (QED) is 0.670. The predicted octanol–water partition coefficient (Wildman–Crippen LogP) is 1.02. The van der Waals surface area contributed by atoms with E-state index in [1.165, 1.54) is 6.92 Å². The molecule has 4 heteroatoms. The Morgan fingerprint density at radius 2 is 2.36 bits per heavy atom. The molecule has 4 nitrogen and oxygen atoms in total. The van der Waals surface area contributed by atoms with Crippen molar-refractivity contribution in [3.8, 4) is 6.07 Å². The molecular formula is C10H16N2O2. The molecule has 78 valence electrons. The minimum absolute atomic E-state index is 0.100. The summed E-state index contributed by atoms with van der Waals surface area (Å²) >= 11 is 0. The summed E-state index contributed by atoms with van der Waals surface area (Å²) in [6.07, 6.45) is 3.98. The second-order valence-corrected chi connectivity index (χ2v) is 3.06. The molecule has 1 fully saturated rings. The lowest BCUT2D eigenvalue weighted by Crippen LogP contribution is -2.36. The molecule has 0 bridgehead atoms. The first-order chi connectivity index (χ1) is 6.76. The first kappa shape index (κ1) is 12.6. The van der Waals surface area contributed by atoms with Crippen LogP contribution in [0.5, 0.6) is 0 Å². The molecule has 0 aromatic heterocycles. The molecule has 14 heavy (non-hydrogen) atoms. The van der Waals surface area contributed by atoms with Crippen molar-refractivity contribution in [2.24, 2.45) is 5.92 Å². The van der Waals surface area contributed by atoms with E-state index in [4.69, 9.17) is 10.1 Å². The largest absolute Gasteiger partial charge is 0.356 e. The Labute approximate surface area is 84.3 Å². The van der Waals surface area contributed by atoms with Gasteiger partial charge >= 0.3 is 0 Å². The van der Waals surface area contributed by atoms with Crippen LogP contribution in [0.25, 0.3) is 0 Å².